The van der Waals surface area contributed by atoms with E-state index >= 15 is 0 Å². The maximum absolute atomic E-state index is 5.68. The molecule has 0 aliphatic heterocycles. The molecule has 1 aromatic heterocycles. The predicted octanol–water partition coefficient (Wildman–Crippen LogP) is 1.84. The number of ether oxygens (including phenoxy) is 1. The lowest BCUT2D eigenvalue weighted by molar-refractivity contribution is 0.132. The van der Waals surface area contributed by atoms with E-state index in [-0.39, 0.29) is 0 Å². The standard InChI is InChI=1S/C12H22N4O/c1-9(2)4-6-17-7-5-14-12-10(3)11(13)15-8-16-12/h8-9H,4-7H2,1-3H3,(H3,13,14,15,16). The average molecular weight is 238 g/mol. The molecular weight excluding hydrogens is 216 g/mol. The smallest absolute Gasteiger partial charge is 0.134 e. The van der Waals surface area contributed by atoms with Crippen molar-refractivity contribution in [3.8, 4) is 0 Å². The minimum atomic E-state index is 0.517. The summed E-state index contributed by atoms with van der Waals surface area (Å²) in [5, 5.41) is 3.19. The van der Waals surface area contributed by atoms with E-state index in [2.05, 4.69) is 29.1 Å². The topological polar surface area (TPSA) is 73.1 Å². The molecule has 1 heterocycles. The van der Waals surface area contributed by atoms with E-state index in [1.54, 1.807) is 0 Å². The molecule has 0 saturated heterocycles. The molecule has 5 nitrogen and oxygen atoms in total. The third-order valence-electron chi connectivity index (χ3n) is 2.50. The monoisotopic (exact) mass is 238 g/mol. The van der Waals surface area contributed by atoms with Crippen LogP contribution in [0.5, 0.6) is 0 Å². The molecule has 0 aliphatic rings. The Labute approximate surface area is 103 Å². The molecule has 3 N–H and O–H groups in total. The van der Waals surface area contributed by atoms with E-state index in [1.165, 1.54) is 6.33 Å². The molecule has 0 aliphatic carbocycles. The highest BCUT2D eigenvalue weighted by molar-refractivity contribution is 5.53. The van der Waals surface area contributed by atoms with Crippen LogP contribution < -0.4 is 11.1 Å². The first-order chi connectivity index (χ1) is 8.11. The van der Waals surface area contributed by atoms with Gasteiger partial charge < -0.3 is 15.8 Å². The number of aromatic nitrogens is 2. The Kier molecular flexibility index (Phi) is 5.69. The van der Waals surface area contributed by atoms with Crippen molar-refractivity contribution in [1.82, 2.24) is 9.97 Å². The Balaban J connectivity index is 2.20. The van der Waals surface area contributed by atoms with Crippen molar-refractivity contribution in [2.24, 2.45) is 5.92 Å². The zero-order valence-electron chi connectivity index (χ0n) is 10.9. The molecule has 0 unspecified atom stereocenters. The second kappa shape index (κ2) is 7.06. The van der Waals surface area contributed by atoms with Crippen LogP contribution in [0.15, 0.2) is 6.33 Å². The van der Waals surface area contributed by atoms with Gasteiger partial charge in [-0.15, -0.1) is 0 Å². The van der Waals surface area contributed by atoms with Gasteiger partial charge in [0, 0.05) is 18.7 Å². The molecule has 0 radical (unpaired) electrons. The zero-order chi connectivity index (χ0) is 12.7. The summed E-state index contributed by atoms with van der Waals surface area (Å²) in [6.07, 6.45) is 2.56. The van der Waals surface area contributed by atoms with Crippen LogP contribution in [0.3, 0.4) is 0 Å². The molecule has 0 saturated carbocycles. The van der Waals surface area contributed by atoms with Gasteiger partial charge in [0.05, 0.1) is 6.61 Å². The molecule has 0 aromatic carbocycles. The predicted molar refractivity (Wildman–Crippen MR) is 69.9 cm³/mol. The Morgan fingerprint density at radius 1 is 1.35 bits per heavy atom. The molecule has 96 valence electrons. The lowest BCUT2D eigenvalue weighted by Crippen LogP contribution is -2.13. The van der Waals surface area contributed by atoms with Crippen LogP contribution >= 0.6 is 0 Å². The van der Waals surface area contributed by atoms with E-state index in [0.29, 0.717) is 18.3 Å². The summed E-state index contributed by atoms with van der Waals surface area (Å²) in [4.78, 5) is 8.04. The number of anilines is 2. The number of nitrogens with two attached hydrogens (primary N) is 1. The van der Waals surface area contributed by atoms with Crippen LogP contribution in [0, 0.1) is 12.8 Å². The Morgan fingerprint density at radius 2 is 2.12 bits per heavy atom. The highest BCUT2D eigenvalue weighted by Gasteiger charge is 2.02. The summed E-state index contributed by atoms with van der Waals surface area (Å²) < 4.78 is 5.50. The van der Waals surface area contributed by atoms with Gasteiger partial charge in [-0.1, -0.05) is 13.8 Å². The van der Waals surface area contributed by atoms with Crippen LogP contribution in [-0.4, -0.2) is 29.7 Å². The number of hydrogen-bond acceptors (Lipinski definition) is 5. The molecule has 1 rings (SSSR count). The Bertz CT molecular complexity index is 341. The molecule has 0 fully saturated rings. The summed E-state index contributed by atoms with van der Waals surface area (Å²) in [5.74, 6) is 1.99. The number of hydrogen-bond donors (Lipinski definition) is 2. The summed E-state index contributed by atoms with van der Waals surface area (Å²) in [6, 6.07) is 0. The number of nitrogens with zero attached hydrogens (tertiary/aromatic N) is 2. The fraction of sp³-hybridized carbons (Fsp3) is 0.667. The second-order valence-corrected chi connectivity index (χ2v) is 4.45. The van der Waals surface area contributed by atoms with E-state index in [9.17, 15) is 0 Å². The van der Waals surface area contributed by atoms with Gasteiger partial charge in [-0.3, -0.25) is 0 Å². The van der Waals surface area contributed by atoms with Gasteiger partial charge in [0.25, 0.3) is 0 Å². The van der Waals surface area contributed by atoms with Crippen molar-refractivity contribution >= 4 is 11.6 Å². The fourth-order valence-corrected chi connectivity index (χ4v) is 1.30. The van der Waals surface area contributed by atoms with Crippen molar-refractivity contribution in [3.63, 3.8) is 0 Å². The minimum Gasteiger partial charge on any atom is -0.383 e. The third kappa shape index (κ3) is 4.99. The maximum atomic E-state index is 5.68. The largest absolute Gasteiger partial charge is 0.383 e. The molecule has 0 amide bonds. The van der Waals surface area contributed by atoms with Crippen LogP contribution in [0.1, 0.15) is 25.8 Å². The van der Waals surface area contributed by atoms with Crippen molar-refractivity contribution < 1.29 is 4.74 Å². The first-order valence-electron chi connectivity index (χ1n) is 6.00. The third-order valence-corrected chi connectivity index (χ3v) is 2.50. The van der Waals surface area contributed by atoms with Crippen molar-refractivity contribution in [2.75, 3.05) is 30.8 Å². The van der Waals surface area contributed by atoms with Gasteiger partial charge in [0.15, 0.2) is 0 Å². The molecule has 0 bridgehead atoms. The highest BCUT2D eigenvalue weighted by atomic mass is 16.5. The van der Waals surface area contributed by atoms with Gasteiger partial charge in [-0.25, -0.2) is 9.97 Å². The first kappa shape index (κ1) is 13.7. The van der Waals surface area contributed by atoms with Gasteiger partial charge >= 0.3 is 0 Å². The van der Waals surface area contributed by atoms with Crippen LogP contribution in [0.2, 0.25) is 0 Å². The zero-order valence-corrected chi connectivity index (χ0v) is 10.9. The van der Waals surface area contributed by atoms with E-state index in [0.717, 1.165) is 31.0 Å². The van der Waals surface area contributed by atoms with Crippen molar-refractivity contribution in [2.45, 2.75) is 27.2 Å². The SMILES string of the molecule is Cc1c(N)ncnc1NCCOCCC(C)C. The summed E-state index contributed by atoms with van der Waals surface area (Å²) in [6.45, 7) is 8.50. The summed E-state index contributed by atoms with van der Waals surface area (Å²) >= 11 is 0. The average Bonchev–Trinajstić information content (AvgIpc) is 2.28. The molecule has 5 heteroatoms. The van der Waals surface area contributed by atoms with Gasteiger partial charge in [0.1, 0.15) is 18.0 Å². The molecule has 0 atom stereocenters. The second-order valence-electron chi connectivity index (χ2n) is 4.45. The first-order valence-corrected chi connectivity index (χ1v) is 6.00. The number of nitrogen functional groups attached to an aromatic ring is 1. The van der Waals surface area contributed by atoms with E-state index in [4.69, 9.17) is 10.5 Å². The van der Waals surface area contributed by atoms with Crippen LogP contribution in [0.4, 0.5) is 11.6 Å². The number of rotatable bonds is 7. The molecular formula is C12H22N4O. The quantitative estimate of drug-likeness (QED) is 0.709. The summed E-state index contributed by atoms with van der Waals surface area (Å²) in [5.41, 5.74) is 6.57. The highest BCUT2D eigenvalue weighted by Crippen LogP contribution is 2.14. The Morgan fingerprint density at radius 3 is 2.82 bits per heavy atom. The fourth-order valence-electron chi connectivity index (χ4n) is 1.30. The number of nitrogens with one attached hydrogen (secondary N) is 1. The van der Waals surface area contributed by atoms with Gasteiger partial charge in [-0.2, -0.15) is 0 Å². The lowest BCUT2D eigenvalue weighted by atomic mass is 10.1. The Hall–Kier alpha value is -1.36. The molecule has 0 spiro atoms. The van der Waals surface area contributed by atoms with Crippen molar-refractivity contribution in [3.05, 3.63) is 11.9 Å². The van der Waals surface area contributed by atoms with Gasteiger partial charge in [-0.05, 0) is 19.3 Å². The lowest BCUT2D eigenvalue weighted by Gasteiger charge is -2.10. The molecule has 1 aromatic rings. The normalized spacial score (nSPS) is 10.8. The van der Waals surface area contributed by atoms with Gasteiger partial charge in [0.2, 0.25) is 0 Å². The van der Waals surface area contributed by atoms with Crippen molar-refractivity contribution in [1.29, 1.82) is 0 Å². The maximum Gasteiger partial charge on any atom is 0.134 e. The minimum absolute atomic E-state index is 0.517. The van der Waals surface area contributed by atoms with E-state index < -0.39 is 0 Å². The van der Waals surface area contributed by atoms with Crippen LogP contribution in [-0.2, 0) is 4.74 Å². The van der Waals surface area contributed by atoms with Crippen LogP contribution in [0.25, 0.3) is 0 Å². The van der Waals surface area contributed by atoms with E-state index in [1.807, 2.05) is 6.92 Å². The molecule has 17 heavy (non-hydrogen) atoms. The summed E-state index contributed by atoms with van der Waals surface area (Å²) in [7, 11) is 0.